The summed E-state index contributed by atoms with van der Waals surface area (Å²) in [5.74, 6) is -0.441. The van der Waals surface area contributed by atoms with Crippen LogP contribution in [0.3, 0.4) is 0 Å². The molecule has 4 nitrogen and oxygen atoms in total. The van der Waals surface area contributed by atoms with Gasteiger partial charge in [0.1, 0.15) is 6.61 Å². The SMILES string of the molecule is Cc1cccc(C(=N)OC(=N)CO)c1. The first kappa shape index (κ1) is 10.4. The van der Waals surface area contributed by atoms with Gasteiger partial charge in [-0.05, 0) is 19.1 Å². The number of benzene rings is 1. The molecule has 0 unspecified atom stereocenters. The van der Waals surface area contributed by atoms with Crippen molar-refractivity contribution < 1.29 is 9.84 Å². The maximum Gasteiger partial charge on any atom is 0.220 e. The molecular weight excluding hydrogens is 180 g/mol. The lowest BCUT2D eigenvalue weighted by molar-refractivity contribution is 0.325. The van der Waals surface area contributed by atoms with Gasteiger partial charge < -0.3 is 9.84 Å². The summed E-state index contributed by atoms with van der Waals surface area (Å²) in [6.45, 7) is 1.42. The fourth-order valence-corrected chi connectivity index (χ4v) is 1.00. The zero-order valence-corrected chi connectivity index (χ0v) is 7.87. The minimum Gasteiger partial charge on any atom is -0.423 e. The Morgan fingerprint density at radius 2 is 2.14 bits per heavy atom. The summed E-state index contributed by atoms with van der Waals surface area (Å²) in [4.78, 5) is 0. The van der Waals surface area contributed by atoms with Gasteiger partial charge in [-0.25, -0.2) is 0 Å². The number of aryl methyl sites for hydroxylation is 1. The summed E-state index contributed by atoms with van der Waals surface area (Å²) in [5.41, 5.74) is 1.62. The molecule has 0 atom stereocenters. The van der Waals surface area contributed by atoms with E-state index in [0.717, 1.165) is 5.56 Å². The third-order valence-corrected chi connectivity index (χ3v) is 1.65. The van der Waals surface area contributed by atoms with Crippen LogP contribution in [-0.4, -0.2) is 23.5 Å². The van der Waals surface area contributed by atoms with Crippen molar-refractivity contribution in [3.05, 3.63) is 35.4 Å². The summed E-state index contributed by atoms with van der Waals surface area (Å²) < 4.78 is 4.76. The Morgan fingerprint density at radius 1 is 1.43 bits per heavy atom. The predicted octanol–water partition coefficient (Wildman–Crippen LogP) is 1.31. The number of aliphatic hydroxyl groups excluding tert-OH is 1. The van der Waals surface area contributed by atoms with Crippen molar-refractivity contribution in [3.8, 4) is 0 Å². The summed E-state index contributed by atoms with van der Waals surface area (Å²) in [7, 11) is 0. The molecule has 0 aliphatic rings. The molecule has 1 aromatic rings. The topological polar surface area (TPSA) is 77.2 Å². The van der Waals surface area contributed by atoms with Gasteiger partial charge in [-0.2, -0.15) is 0 Å². The van der Waals surface area contributed by atoms with E-state index in [0.29, 0.717) is 5.56 Å². The molecule has 1 aromatic carbocycles. The monoisotopic (exact) mass is 192 g/mol. The molecule has 0 saturated heterocycles. The van der Waals surface area contributed by atoms with E-state index < -0.39 is 6.61 Å². The second kappa shape index (κ2) is 4.53. The molecule has 4 heteroatoms. The van der Waals surface area contributed by atoms with Crippen molar-refractivity contribution in [2.24, 2.45) is 0 Å². The number of hydrogen-bond acceptors (Lipinski definition) is 4. The van der Waals surface area contributed by atoms with Crippen LogP contribution in [0, 0.1) is 17.7 Å². The largest absolute Gasteiger partial charge is 0.423 e. The third kappa shape index (κ3) is 2.67. The Labute approximate surface area is 82.2 Å². The van der Waals surface area contributed by atoms with Crippen LogP contribution in [0.1, 0.15) is 11.1 Å². The van der Waals surface area contributed by atoms with Crippen LogP contribution in [0.4, 0.5) is 0 Å². The lowest BCUT2D eigenvalue weighted by Gasteiger charge is -2.06. The molecule has 0 fully saturated rings. The minimum atomic E-state index is -0.492. The van der Waals surface area contributed by atoms with E-state index in [1.54, 1.807) is 12.1 Å². The van der Waals surface area contributed by atoms with Crippen molar-refractivity contribution in [1.29, 1.82) is 10.8 Å². The number of nitrogens with one attached hydrogen (secondary N) is 2. The van der Waals surface area contributed by atoms with E-state index in [4.69, 9.17) is 20.7 Å². The Balaban J connectivity index is 2.75. The van der Waals surface area contributed by atoms with Crippen molar-refractivity contribution in [2.45, 2.75) is 6.92 Å². The van der Waals surface area contributed by atoms with E-state index in [9.17, 15) is 0 Å². The van der Waals surface area contributed by atoms with Crippen LogP contribution in [0.5, 0.6) is 0 Å². The first-order chi connectivity index (χ1) is 6.63. The van der Waals surface area contributed by atoms with Gasteiger partial charge in [-0.1, -0.05) is 17.7 Å². The van der Waals surface area contributed by atoms with Crippen LogP contribution in [-0.2, 0) is 4.74 Å². The van der Waals surface area contributed by atoms with Crippen LogP contribution in [0.2, 0.25) is 0 Å². The van der Waals surface area contributed by atoms with E-state index in [1.165, 1.54) is 0 Å². The molecule has 0 amide bonds. The molecule has 0 spiro atoms. The van der Waals surface area contributed by atoms with Crippen LogP contribution >= 0.6 is 0 Å². The molecule has 1 rings (SSSR count). The lowest BCUT2D eigenvalue weighted by atomic mass is 10.1. The maximum atomic E-state index is 8.54. The smallest absolute Gasteiger partial charge is 0.220 e. The van der Waals surface area contributed by atoms with Crippen molar-refractivity contribution in [1.82, 2.24) is 0 Å². The van der Waals surface area contributed by atoms with Gasteiger partial charge in [0.2, 0.25) is 11.8 Å². The van der Waals surface area contributed by atoms with E-state index >= 15 is 0 Å². The number of rotatable bonds is 2. The van der Waals surface area contributed by atoms with Crippen molar-refractivity contribution in [2.75, 3.05) is 6.61 Å². The average Bonchev–Trinajstić information content (AvgIpc) is 2.17. The molecular formula is C10H12N2O2. The fourth-order valence-electron chi connectivity index (χ4n) is 1.00. The molecule has 0 aliphatic heterocycles. The minimum absolute atomic E-state index is 0.118. The molecule has 0 saturated carbocycles. The fraction of sp³-hybridized carbons (Fsp3) is 0.200. The van der Waals surface area contributed by atoms with Gasteiger partial charge >= 0.3 is 0 Å². The Kier molecular flexibility index (Phi) is 3.36. The molecule has 0 aliphatic carbocycles. The Morgan fingerprint density at radius 3 is 2.71 bits per heavy atom. The van der Waals surface area contributed by atoms with Gasteiger partial charge in [0.15, 0.2) is 0 Å². The van der Waals surface area contributed by atoms with E-state index in [-0.39, 0.29) is 11.8 Å². The first-order valence-electron chi connectivity index (χ1n) is 4.15. The highest BCUT2D eigenvalue weighted by atomic mass is 16.5. The van der Waals surface area contributed by atoms with Gasteiger partial charge in [0, 0.05) is 5.56 Å². The summed E-state index contributed by atoms with van der Waals surface area (Å²) in [5, 5.41) is 23.1. The van der Waals surface area contributed by atoms with Crippen LogP contribution in [0.25, 0.3) is 0 Å². The molecule has 0 heterocycles. The third-order valence-electron chi connectivity index (χ3n) is 1.65. The number of aliphatic hydroxyl groups is 1. The average molecular weight is 192 g/mol. The Hall–Kier alpha value is -1.68. The molecule has 0 aromatic heterocycles. The Bertz CT molecular complexity index is 361. The van der Waals surface area contributed by atoms with Crippen molar-refractivity contribution in [3.63, 3.8) is 0 Å². The number of ether oxygens (including phenoxy) is 1. The highest BCUT2D eigenvalue weighted by molar-refractivity contribution is 5.99. The van der Waals surface area contributed by atoms with Gasteiger partial charge in [-0.15, -0.1) is 0 Å². The number of hydrogen-bond donors (Lipinski definition) is 3. The second-order valence-corrected chi connectivity index (χ2v) is 2.88. The van der Waals surface area contributed by atoms with Crippen molar-refractivity contribution >= 4 is 11.8 Å². The summed E-state index contributed by atoms with van der Waals surface area (Å²) in [6, 6.07) is 7.23. The molecule has 74 valence electrons. The van der Waals surface area contributed by atoms with Crippen LogP contribution < -0.4 is 0 Å². The van der Waals surface area contributed by atoms with Gasteiger partial charge in [0.25, 0.3) is 0 Å². The molecule has 14 heavy (non-hydrogen) atoms. The second-order valence-electron chi connectivity index (χ2n) is 2.88. The molecule has 0 radical (unpaired) electrons. The van der Waals surface area contributed by atoms with Gasteiger partial charge in [-0.3, -0.25) is 10.8 Å². The highest BCUT2D eigenvalue weighted by Gasteiger charge is 2.05. The maximum absolute atomic E-state index is 8.54. The lowest BCUT2D eigenvalue weighted by Crippen LogP contribution is -2.14. The summed E-state index contributed by atoms with van der Waals surface area (Å²) in [6.07, 6.45) is 0. The predicted molar refractivity (Wildman–Crippen MR) is 53.9 cm³/mol. The zero-order chi connectivity index (χ0) is 10.6. The van der Waals surface area contributed by atoms with Crippen LogP contribution in [0.15, 0.2) is 24.3 Å². The standard InChI is InChI=1S/C10H12N2O2/c1-7-3-2-4-8(5-7)10(12)14-9(11)6-13/h2-5,11-13H,6H2,1H3. The zero-order valence-electron chi connectivity index (χ0n) is 7.87. The van der Waals surface area contributed by atoms with Gasteiger partial charge in [0.05, 0.1) is 0 Å². The quantitative estimate of drug-likeness (QED) is 0.488. The molecule has 3 N–H and O–H groups in total. The van der Waals surface area contributed by atoms with E-state index in [1.807, 2.05) is 19.1 Å². The normalized spacial score (nSPS) is 9.57. The molecule has 0 bridgehead atoms. The highest BCUT2D eigenvalue weighted by Crippen LogP contribution is 2.05. The van der Waals surface area contributed by atoms with E-state index in [2.05, 4.69) is 0 Å². The first-order valence-corrected chi connectivity index (χ1v) is 4.15. The summed E-state index contributed by atoms with van der Waals surface area (Å²) >= 11 is 0.